The summed E-state index contributed by atoms with van der Waals surface area (Å²) in [4.78, 5) is 7.54. The maximum absolute atomic E-state index is 5.86. The van der Waals surface area contributed by atoms with Gasteiger partial charge in [-0.15, -0.1) is 0 Å². The van der Waals surface area contributed by atoms with E-state index in [1.54, 1.807) is 6.20 Å². The van der Waals surface area contributed by atoms with Crippen LogP contribution < -0.4 is 0 Å². The Morgan fingerprint density at radius 2 is 1.88 bits per heavy atom. The van der Waals surface area contributed by atoms with Crippen molar-refractivity contribution in [3.63, 3.8) is 0 Å². The van der Waals surface area contributed by atoms with Gasteiger partial charge in [0.25, 0.3) is 0 Å². The summed E-state index contributed by atoms with van der Waals surface area (Å²) in [6.45, 7) is 0. The summed E-state index contributed by atoms with van der Waals surface area (Å²) in [5, 5.41) is 1.87. The molecule has 16 heavy (non-hydrogen) atoms. The van der Waals surface area contributed by atoms with Gasteiger partial charge in [-0.1, -0.05) is 23.7 Å². The molecule has 0 radical (unpaired) electrons. The number of benzene rings is 1. The Morgan fingerprint density at radius 3 is 2.62 bits per heavy atom. The quantitative estimate of drug-likeness (QED) is 0.673. The van der Waals surface area contributed by atoms with E-state index >= 15 is 0 Å². The zero-order valence-electron chi connectivity index (χ0n) is 8.44. The lowest BCUT2D eigenvalue weighted by Crippen LogP contribution is -1.77. The number of hydrogen-bond acceptors (Lipinski definition) is 1. The average molecular weight is 229 g/mol. The van der Waals surface area contributed by atoms with Gasteiger partial charge in [0, 0.05) is 22.3 Å². The number of aromatic amines is 1. The molecule has 0 amide bonds. The molecule has 0 spiro atoms. The molecule has 3 aromatic rings. The van der Waals surface area contributed by atoms with Gasteiger partial charge < -0.3 is 4.98 Å². The molecule has 1 N–H and O–H groups in total. The van der Waals surface area contributed by atoms with E-state index in [2.05, 4.69) is 16.0 Å². The lowest BCUT2D eigenvalue weighted by molar-refractivity contribution is 1.32. The highest BCUT2D eigenvalue weighted by molar-refractivity contribution is 6.30. The van der Waals surface area contributed by atoms with Crippen LogP contribution in [-0.2, 0) is 0 Å². The molecule has 2 heterocycles. The van der Waals surface area contributed by atoms with Crippen molar-refractivity contribution in [2.24, 2.45) is 0 Å². The summed E-state index contributed by atoms with van der Waals surface area (Å²) in [5.74, 6) is 0. The van der Waals surface area contributed by atoms with Crippen molar-refractivity contribution in [3.8, 4) is 11.3 Å². The smallest absolute Gasteiger partial charge is 0.137 e. The normalized spacial score (nSPS) is 10.8. The third-order valence-corrected chi connectivity index (χ3v) is 2.80. The molecule has 78 valence electrons. The molecule has 0 bridgehead atoms. The summed E-state index contributed by atoms with van der Waals surface area (Å²) >= 11 is 5.86. The van der Waals surface area contributed by atoms with E-state index in [4.69, 9.17) is 11.6 Å². The molecule has 0 saturated carbocycles. The molecule has 0 aliphatic rings. The Hall–Kier alpha value is -1.80. The zero-order chi connectivity index (χ0) is 11.0. The molecule has 0 fully saturated rings. The van der Waals surface area contributed by atoms with Gasteiger partial charge >= 0.3 is 0 Å². The first-order valence-corrected chi connectivity index (χ1v) is 5.40. The van der Waals surface area contributed by atoms with Gasteiger partial charge in [0.1, 0.15) is 5.65 Å². The van der Waals surface area contributed by atoms with Crippen LogP contribution in [0.3, 0.4) is 0 Å². The van der Waals surface area contributed by atoms with E-state index in [9.17, 15) is 0 Å². The molecule has 0 aliphatic carbocycles. The minimum atomic E-state index is 0.748. The van der Waals surface area contributed by atoms with Crippen LogP contribution in [0.5, 0.6) is 0 Å². The van der Waals surface area contributed by atoms with Crippen molar-refractivity contribution < 1.29 is 0 Å². The molecule has 3 heteroatoms. The SMILES string of the molecule is Clc1ccc(-c2cc3cccnc3[nH]2)cc1. The Kier molecular flexibility index (Phi) is 2.15. The van der Waals surface area contributed by atoms with Crippen LogP contribution >= 0.6 is 11.6 Å². The maximum Gasteiger partial charge on any atom is 0.137 e. The Balaban J connectivity index is 2.15. The van der Waals surface area contributed by atoms with Crippen molar-refractivity contribution in [2.75, 3.05) is 0 Å². The summed E-state index contributed by atoms with van der Waals surface area (Å²) in [6, 6.07) is 13.8. The van der Waals surface area contributed by atoms with E-state index in [1.165, 1.54) is 0 Å². The van der Waals surface area contributed by atoms with Gasteiger partial charge in [0.2, 0.25) is 0 Å². The number of pyridine rings is 1. The molecule has 1 aromatic carbocycles. The number of H-pyrrole nitrogens is 1. The maximum atomic E-state index is 5.86. The van der Waals surface area contributed by atoms with Crippen LogP contribution in [0.2, 0.25) is 5.02 Å². The van der Waals surface area contributed by atoms with Gasteiger partial charge in [-0.05, 0) is 35.9 Å². The van der Waals surface area contributed by atoms with Crippen molar-refractivity contribution in [3.05, 3.63) is 53.7 Å². The lowest BCUT2D eigenvalue weighted by Gasteiger charge is -1.96. The number of rotatable bonds is 1. The minimum absolute atomic E-state index is 0.748. The van der Waals surface area contributed by atoms with Crippen LogP contribution in [0.1, 0.15) is 0 Å². The summed E-state index contributed by atoms with van der Waals surface area (Å²) in [6.07, 6.45) is 1.78. The highest BCUT2D eigenvalue weighted by Gasteiger charge is 2.02. The second-order valence-corrected chi connectivity index (χ2v) is 4.07. The molecule has 2 aromatic heterocycles. The van der Waals surface area contributed by atoms with Crippen molar-refractivity contribution in [2.45, 2.75) is 0 Å². The predicted molar refractivity (Wildman–Crippen MR) is 66.5 cm³/mol. The molecule has 0 saturated heterocycles. The molecular weight excluding hydrogens is 220 g/mol. The molecule has 0 unspecified atom stereocenters. The van der Waals surface area contributed by atoms with Gasteiger partial charge in [-0.25, -0.2) is 4.98 Å². The lowest BCUT2D eigenvalue weighted by atomic mass is 10.1. The van der Waals surface area contributed by atoms with Crippen molar-refractivity contribution in [1.29, 1.82) is 0 Å². The van der Waals surface area contributed by atoms with Gasteiger partial charge in [-0.3, -0.25) is 0 Å². The molecular formula is C13H9ClN2. The molecule has 0 aliphatic heterocycles. The molecule has 0 atom stereocenters. The first kappa shape index (κ1) is 9.43. The highest BCUT2D eigenvalue weighted by atomic mass is 35.5. The topological polar surface area (TPSA) is 28.7 Å². The van der Waals surface area contributed by atoms with Gasteiger partial charge in [0.15, 0.2) is 0 Å². The zero-order valence-corrected chi connectivity index (χ0v) is 9.20. The fraction of sp³-hybridized carbons (Fsp3) is 0. The fourth-order valence-corrected chi connectivity index (χ4v) is 1.87. The highest BCUT2D eigenvalue weighted by Crippen LogP contribution is 2.23. The van der Waals surface area contributed by atoms with Crippen molar-refractivity contribution >= 4 is 22.6 Å². The fourth-order valence-electron chi connectivity index (χ4n) is 1.74. The number of aromatic nitrogens is 2. The van der Waals surface area contributed by atoms with E-state index in [0.717, 1.165) is 27.3 Å². The first-order valence-electron chi connectivity index (χ1n) is 5.02. The Bertz CT molecular complexity index is 593. The van der Waals surface area contributed by atoms with E-state index in [0.29, 0.717) is 0 Å². The number of halogens is 1. The van der Waals surface area contributed by atoms with E-state index in [1.807, 2.05) is 36.4 Å². The molecule has 2 nitrogen and oxygen atoms in total. The minimum Gasteiger partial charge on any atom is -0.339 e. The number of nitrogens with one attached hydrogen (secondary N) is 1. The van der Waals surface area contributed by atoms with Gasteiger partial charge in [-0.2, -0.15) is 0 Å². The second-order valence-electron chi connectivity index (χ2n) is 3.63. The first-order chi connectivity index (χ1) is 7.83. The third kappa shape index (κ3) is 1.57. The molecule has 3 rings (SSSR count). The monoisotopic (exact) mass is 228 g/mol. The summed E-state index contributed by atoms with van der Waals surface area (Å²) in [5.41, 5.74) is 3.08. The van der Waals surface area contributed by atoms with E-state index in [-0.39, 0.29) is 0 Å². The third-order valence-electron chi connectivity index (χ3n) is 2.55. The van der Waals surface area contributed by atoms with Crippen LogP contribution in [0, 0.1) is 0 Å². The van der Waals surface area contributed by atoms with Crippen LogP contribution in [0.15, 0.2) is 48.7 Å². The number of fused-ring (bicyclic) bond motifs is 1. The largest absolute Gasteiger partial charge is 0.339 e. The standard InChI is InChI=1S/C13H9ClN2/c14-11-5-3-9(4-6-11)12-8-10-2-1-7-15-13(10)16-12/h1-8H,(H,15,16). The predicted octanol–water partition coefficient (Wildman–Crippen LogP) is 3.88. The Labute approximate surface area is 97.9 Å². The number of nitrogens with zero attached hydrogens (tertiary/aromatic N) is 1. The summed E-state index contributed by atoms with van der Waals surface area (Å²) in [7, 11) is 0. The van der Waals surface area contributed by atoms with Crippen molar-refractivity contribution in [1.82, 2.24) is 9.97 Å². The van der Waals surface area contributed by atoms with Crippen LogP contribution in [0.4, 0.5) is 0 Å². The second kappa shape index (κ2) is 3.65. The average Bonchev–Trinajstić information content (AvgIpc) is 2.73. The van der Waals surface area contributed by atoms with Crippen LogP contribution in [0.25, 0.3) is 22.3 Å². The number of hydrogen-bond donors (Lipinski definition) is 1. The van der Waals surface area contributed by atoms with Crippen LogP contribution in [-0.4, -0.2) is 9.97 Å². The van der Waals surface area contributed by atoms with Gasteiger partial charge in [0.05, 0.1) is 0 Å². The Morgan fingerprint density at radius 1 is 1.06 bits per heavy atom. The summed E-state index contributed by atoms with van der Waals surface area (Å²) < 4.78 is 0. The van der Waals surface area contributed by atoms with E-state index < -0.39 is 0 Å².